The van der Waals surface area contributed by atoms with Gasteiger partial charge in [0.05, 0.1) is 0 Å². The van der Waals surface area contributed by atoms with Crippen molar-refractivity contribution in [2.24, 2.45) is 11.5 Å². The van der Waals surface area contributed by atoms with Crippen LogP contribution in [0.4, 0.5) is 4.79 Å². The van der Waals surface area contributed by atoms with Crippen LogP contribution in [0.25, 0.3) is 0 Å². The molecule has 0 spiro atoms. The summed E-state index contributed by atoms with van der Waals surface area (Å²) in [7, 11) is 0. The number of hydrogen-bond donors (Lipinski definition) is 3. The van der Waals surface area contributed by atoms with E-state index in [0.29, 0.717) is 13.1 Å². The summed E-state index contributed by atoms with van der Waals surface area (Å²) in [5.41, 5.74) is 10.3. The van der Waals surface area contributed by atoms with Crippen molar-refractivity contribution in [1.82, 2.24) is 10.2 Å². The van der Waals surface area contributed by atoms with Gasteiger partial charge in [-0.3, -0.25) is 4.79 Å². The van der Waals surface area contributed by atoms with Gasteiger partial charge in [0.15, 0.2) is 0 Å². The quantitative estimate of drug-likeness (QED) is 0.451. The highest BCUT2D eigenvalue weighted by atomic mass is 16.2. The molecule has 0 saturated carbocycles. The van der Waals surface area contributed by atoms with E-state index < -0.39 is 11.9 Å². The number of amides is 3. The van der Waals surface area contributed by atoms with E-state index in [-0.39, 0.29) is 12.6 Å². The predicted molar refractivity (Wildman–Crippen MR) is 42.1 cm³/mol. The third-order valence-corrected chi connectivity index (χ3v) is 1.73. The van der Waals surface area contributed by atoms with Crippen LogP contribution in [-0.2, 0) is 4.79 Å². The monoisotopic (exact) mass is 172 g/mol. The number of nitrogens with one attached hydrogen (secondary N) is 1. The standard InChI is InChI=1S/C6H12N4O2/c7-4(5(8)11)3-10-2-1-9-6(10)12/h4H,1-3,7H2,(H2,8,11)(H,9,12). The average molecular weight is 172 g/mol. The number of carbonyl (C=O) groups excluding carboxylic acids is 2. The molecule has 0 aliphatic carbocycles. The van der Waals surface area contributed by atoms with Crippen molar-refractivity contribution in [3.05, 3.63) is 0 Å². The molecule has 1 saturated heterocycles. The van der Waals surface area contributed by atoms with Gasteiger partial charge in [0.25, 0.3) is 0 Å². The molecular formula is C6H12N4O2. The van der Waals surface area contributed by atoms with Crippen LogP contribution in [0, 0.1) is 0 Å². The first-order valence-electron chi connectivity index (χ1n) is 3.69. The van der Waals surface area contributed by atoms with Gasteiger partial charge in [-0.25, -0.2) is 4.79 Å². The van der Waals surface area contributed by atoms with E-state index in [1.807, 2.05) is 0 Å². The van der Waals surface area contributed by atoms with Crippen LogP contribution in [0.15, 0.2) is 0 Å². The van der Waals surface area contributed by atoms with E-state index in [0.717, 1.165) is 0 Å². The summed E-state index contributed by atoms with van der Waals surface area (Å²) >= 11 is 0. The van der Waals surface area contributed by atoms with E-state index in [9.17, 15) is 9.59 Å². The number of nitrogens with zero attached hydrogens (tertiary/aromatic N) is 1. The van der Waals surface area contributed by atoms with Gasteiger partial charge in [-0.1, -0.05) is 0 Å². The maximum absolute atomic E-state index is 10.9. The van der Waals surface area contributed by atoms with Crippen molar-refractivity contribution in [3.63, 3.8) is 0 Å². The zero-order chi connectivity index (χ0) is 9.14. The van der Waals surface area contributed by atoms with Gasteiger partial charge in [0.2, 0.25) is 5.91 Å². The van der Waals surface area contributed by atoms with E-state index >= 15 is 0 Å². The Morgan fingerprint density at radius 1 is 1.75 bits per heavy atom. The highest BCUT2D eigenvalue weighted by molar-refractivity contribution is 5.81. The van der Waals surface area contributed by atoms with Crippen molar-refractivity contribution in [2.45, 2.75) is 6.04 Å². The lowest BCUT2D eigenvalue weighted by molar-refractivity contribution is -0.119. The van der Waals surface area contributed by atoms with Crippen LogP contribution in [0.3, 0.4) is 0 Å². The molecule has 1 aliphatic rings. The van der Waals surface area contributed by atoms with Gasteiger partial charge in [-0.15, -0.1) is 0 Å². The largest absolute Gasteiger partial charge is 0.368 e. The molecule has 3 amide bonds. The number of carbonyl (C=O) groups is 2. The Kier molecular flexibility index (Phi) is 2.49. The predicted octanol–water partition coefficient (Wildman–Crippen LogP) is -2.18. The Bertz CT molecular complexity index is 206. The normalized spacial score (nSPS) is 19.1. The summed E-state index contributed by atoms with van der Waals surface area (Å²) < 4.78 is 0. The van der Waals surface area contributed by atoms with Crippen LogP contribution in [-0.4, -0.2) is 42.5 Å². The first-order chi connectivity index (χ1) is 5.61. The number of urea groups is 1. The van der Waals surface area contributed by atoms with Gasteiger partial charge in [-0.05, 0) is 0 Å². The van der Waals surface area contributed by atoms with Crippen molar-refractivity contribution in [3.8, 4) is 0 Å². The van der Waals surface area contributed by atoms with Gasteiger partial charge < -0.3 is 21.7 Å². The number of primary amides is 1. The summed E-state index contributed by atoms with van der Waals surface area (Å²) in [6, 6.07) is -0.958. The molecule has 6 heteroatoms. The molecule has 0 bridgehead atoms. The highest BCUT2D eigenvalue weighted by Crippen LogP contribution is 1.96. The van der Waals surface area contributed by atoms with Crippen LogP contribution in [0.5, 0.6) is 0 Å². The molecule has 5 N–H and O–H groups in total. The molecule has 12 heavy (non-hydrogen) atoms. The minimum absolute atomic E-state index is 0.188. The summed E-state index contributed by atoms with van der Waals surface area (Å²) in [4.78, 5) is 22.9. The third kappa shape index (κ3) is 1.85. The van der Waals surface area contributed by atoms with Gasteiger partial charge in [0.1, 0.15) is 6.04 Å². The average Bonchev–Trinajstić information content (AvgIpc) is 2.36. The second-order valence-corrected chi connectivity index (χ2v) is 2.69. The maximum Gasteiger partial charge on any atom is 0.317 e. The van der Waals surface area contributed by atoms with Gasteiger partial charge in [0, 0.05) is 19.6 Å². The molecule has 1 heterocycles. The van der Waals surface area contributed by atoms with Crippen molar-refractivity contribution < 1.29 is 9.59 Å². The van der Waals surface area contributed by atoms with E-state index in [1.165, 1.54) is 4.90 Å². The van der Waals surface area contributed by atoms with Crippen LogP contribution in [0.2, 0.25) is 0 Å². The first kappa shape index (κ1) is 8.79. The molecule has 1 aliphatic heterocycles. The molecular weight excluding hydrogens is 160 g/mol. The van der Waals surface area contributed by atoms with Gasteiger partial charge >= 0.3 is 6.03 Å². The molecule has 0 aromatic heterocycles. The second-order valence-electron chi connectivity index (χ2n) is 2.69. The Labute approximate surface area is 69.9 Å². The molecule has 1 rings (SSSR count). The minimum atomic E-state index is -0.770. The SMILES string of the molecule is NC(=O)C(N)CN1CCNC1=O. The topological polar surface area (TPSA) is 101 Å². The van der Waals surface area contributed by atoms with Crippen molar-refractivity contribution >= 4 is 11.9 Å². The Morgan fingerprint density at radius 3 is 2.83 bits per heavy atom. The molecule has 1 fully saturated rings. The molecule has 0 aromatic rings. The van der Waals surface area contributed by atoms with Crippen LogP contribution < -0.4 is 16.8 Å². The molecule has 1 unspecified atom stereocenters. The lowest BCUT2D eigenvalue weighted by atomic mass is 10.3. The Morgan fingerprint density at radius 2 is 2.42 bits per heavy atom. The van der Waals surface area contributed by atoms with E-state index in [4.69, 9.17) is 11.5 Å². The van der Waals surface area contributed by atoms with Crippen molar-refractivity contribution in [1.29, 1.82) is 0 Å². The maximum atomic E-state index is 10.9. The molecule has 68 valence electrons. The minimum Gasteiger partial charge on any atom is -0.368 e. The first-order valence-corrected chi connectivity index (χ1v) is 3.69. The fourth-order valence-corrected chi connectivity index (χ4v) is 1.01. The molecule has 0 radical (unpaired) electrons. The summed E-state index contributed by atoms with van der Waals surface area (Å²) in [6.07, 6.45) is 0. The highest BCUT2D eigenvalue weighted by Gasteiger charge is 2.23. The number of nitrogens with two attached hydrogens (primary N) is 2. The van der Waals surface area contributed by atoms with E-state index in [1.54, 1.807) is 0 Å². The Balaban J connectivity index is 2.40. The van der Waals surface area contributed by atoms with Gasteiger partial charge in [-0.2, -0.15) is 0 Å². The van der Waals surface area contributed by atoms with Crippen LogP contribution in [0.1, 0.15) is 0 Å². The molecule has 0 aromatic carbocycles. The number of hydrogen-bond acceptors (Lipinski definition) is 3. The van der Waals surface area contributed by atoms with Crippen molar-refractivity contribution in [2.75, 3.05) is 19.6 Å². The van der Waals surface area contributed by atoms with Crippen LogP contribution >= 0.6 is 0 Å². The fourth-order valence-electron chi connectivity index (χ4n) is 1.01. The molecule has 6 nitrogen and oxygen atoms in total. The summed E-state index contributed by atoms with van der Waals surface area (Å²) in [6.45, 7) is 1.38. The lowest BCUT2D eigenvalue weighted by Gasteiger charge is -2.16. The Hall–Kier alpha value is -1.30. The number of rotatable bonds is 3. The fraction of sp³-hybridized carbons (Fsp3) is 0.667. The second kappa shape index (κ2) is 3.40. The molecule has 1 atom stereocenters. The lowest BCUT2D eigenvalue weighted by Crippen LogP contribution is -2.46. The summed E-state index contributed by atoms with van der Waals surface area (Å²) in [5.74, 6) is -0.588. The smallest absolute Gasteiger partial charge is 0.317 e. The van der Waals surface area contributed by atoms with E-state index in [2.05, 4.69) is 5.32 Å². The summed E-state index contributed by atoms with van der Waals surface area (Å²) in [5, 5.41) is 2.59. The zero-order valence-electron chi connectivity index (χ0n) is 6.62. The zero-order valence-corrected chi connectivity index (χ0v) is 6.62. The third-order valence-electron chi connectivity index (χ3n) is 1.73.